The summed E-state index contributed by atoms with van der Waals surface area (Å²) in [6, 6.07) is 2.64. The molecule has 78 valence electrons. The lowest BCUT2D eigenvalue weighted by atomic mass is 10.2. The minimum atomic E-state index is 0.645. The quantitative estimate of drug-likeness (QED) is 0.773. The molecule has 1 aliphatic rings. The maximum Gasteiger partial charge on any atom is 0.133 e. The molecular formula is C10H17N3O. The summed E-state index contributed by atoms with van der Waals surface area (Å²) in [5.41, 5.74) is 1.02. The first-order chi connectivity index (χ1) is 6.75. The largest absolute Gasteiger partial charge is 0.361 e. The highest BCUT2D eigenvalue weighted by molar-refractivity contribution is 5.03. The Morgan fingerprint density at radius 3 is 3.14 bits per heavy atom. The molecule has 0 radical (unpaired) electrons. The third-order valence-electron chi connectivity index (χ3n) is 2.75. The van der Waals surface area contributed by atoms with Crippen molar-refractivity contribution in [1.29, 1.82) is 0 Å². The molecule has 0 aromatic carbocycles. The van der Waals surface area contributed by atoms with Crippen LogP contribution in [0.5, 0.6) is 0 Å². The third-order valence-corrected chi connectivity index (χ3v) is 2.75. The van der Waals surface area contributed by atoms with Crippen molar-refractivity contribution in [3.05, 3.63) is 17.5 Å². The van der Waals surface area contributed by atoms with Gasteiger partial charge in [-0.15, -0.1) is 0 Å². The SMILES string of the molecule is Cc1cc(CN(C)C2CCNC2)no1. The topological polar surface area (TPSA) is 41.3 Å². The lowest BCUT2D eigenvalue weighted by Gasteiger charge is -2.21. The van der Waals surface area contributed by atoms with Crippen LogP contribution >= 0.6 is 0 Å². The van der Waals surface area contributed by atoms with Gasteiger partial charge in [-0.2, -0.15) is 0 Å². The zero-order valence-electron chi connectivity index (χ0n) is 8.79. The first kappa shape index (κ1) is 9.68. The van der Waals surface area contributed by atoms with Gasteiger partial charge in [-0.1, -0.05) is 5.16 Å². The molecule has 1 N–H and O–H groups in total. The van der Waals surface area contributed by atoms with Crippen LogP contribution in [-0.2, 0) is 6.54 Å². The van der Waals surface area contributed by atoms with E-state index in [1.807, 2.05) is 13.0 Å². The summed E-state index contributed by atoms with van der Waals surface area (Å²) in [6.07, 6.45) is 1.23. The van der Waals surface area contributed by atoms with Crippen molar-refractivity contribution in [2.45, 2.75) is 25.9 Å². The standard InChI is InChI=1S/C10H17N3O/c1-8-5-9(12-14-8)7-13(2)10-3-4-11-6-10/h5,10-11H,3-4,6-7H2,1-2H3. The lowest BCUT2D eigenvalue weighted by Crippen LogP contribution is -2.32. The van der Waals surface area contributed by atoms with Gasteiger partial charge in [-0.05, 0) is 26.9 Å². The number of nitrogens with one attached hydrogen (secondary N) is 1. The molecule has 1 unspecified atom stereocenters. The molecule has 4 heteroatoms. The first-order valence-electron chi connectivity index (χ1n) is 5.09. The van der Waals surface area contributed by atoms with Crippen molar-refractivity contribution in [2.24, 2.45) is 0 Å². The van der Waals surface area contributed by atoms with Crippen molar-refractivity contribution >= 4 is 0 Å². The van der Waals surface area contributed by atoms with Crippen LogP contribution in [0.3, 0.4) is 0 Å². The second-order valence-corrected chi connectivity index (χ2v) is 3.99. The van der Waals surface area contributed by atoms with Gasteiger partial charge in [0.25, 0.3) is 0 Å². The van der Waals surface area contributed by atoms with Crippen LogP contribution in [-0.4, -0.2) is 36.2 Å². The predicted molar refractivity (Wildman–Crippen MR) is 54.0 cm³/mol. The number of aromatic nitrogens is 1. The van der Waals surface area contributed by atoms with Gasteiger partial charge in [0.1, 0.15) is 5.76 Å². The fourth-order valence-electron chi connectivity index (χ4n) is 1.89. The number of rotatable bonds is 3. The van der Waals surface area contributed by atoms with E-state index in [1.165, 1.54) is 6.42 Å². The number of nitrogens with zero attached hydrogens (tertiary/aromatic N) is 2. The van der Waals surface area contributed by atoms with E-state index in [4.69, 9.17) is 4.52 Å². The molecule has 4 nitrogen and oxygen atoms in total. The van der Waals surface area contributed by atoms with Crippen LogP contribution in [0.25, 0.3) is 0 Å². The Kier molecular flexibility index (Phi) is 2.84. The Morgan fingerprint density at radius 1 is 1.71 bits per heavy atom. The number of aryl methyl sites for hydroxylation is 1. The summed E-state index contributed by atoms with van der Waals surface area (Å²) in [4.78, 5) is 2.33. The van der Waals surface area contributed by atoms with Gasteiger partial charge >= 0.3 is 0 Å². The van der Waals surface area contributed by atoms with E-state index < -0.39 is 0 Å². The van der Waals surface area contributed by atoms with E-state index in [9.17, 15) is 0 Å². The molecular weight excluding hydrogens is 178 g/mol. The molecule has 1 aromatic heterocycles. The number of likely N-dealkylation sites (N-methyl/N-ethyl adjacent to an activating group) is 1. The zero-order valence-corrected chi connectivity index (χ0v) is 8.79. The van der Waals surface area contributed by atoms with Crippen molar-refractivity contribution < 1.29 is 4.52 Å². The Bertz CT molecular complexity index is 291. The van der Waals surface area contributed by atoms with Crippen LogP contribution in [0.4, 0.5) is 0 Å². The molecule has 14 heavy (non-hydrogen) atoms. The molecule has 1 atom stereocenters. The summed E-state index contributed by atoms with van der Waals surface area (Å²) in [6.45, 7) is 5.03. The normalized spacial score (nSPS) is 22.1. The minimum absolute atomic E-state index is 0.645. The summed E-state index contributed by atoms with van der Waals surface area (Å²) < 4.78 is 5.04. The molecule has 1 aliphatic heterocycles. The van der Waals surface area contributed by atoms with E-state index in [1.54, 1.807) is 0 Å². The average Bonchev–Trinajstić information content (AvgIpc) is 2.75. The van der Waals surface area contributed by atoms with Crippen LogP contribution in [0.2, 0.25) is 0 Å². The molecule has 0 spiro atoms. The van der Waals surface area contributed by atoms with Crippen LogP contribution in [0.1, 0.15) is 17.9 Å². The summed E-state index contributed by atoms with van der Waals surface area (Å²) in [5.74, 6) is 0.887. The molecule has 1 aromatic rings. The monoisotopic (exact) mass is 195 g/mol. The fraction of sp³-hybridized carbons (Fsp3) is 0.700. The smallest absolute Gasteiger partial charge is 0.133 e. The Labute approximate surface area is 84.3 Å². The maximum atomic E-state index is 5.04. The van der Waals surface area contributed by atoms with E-state index in [-0.39, 0.29) is 0 Å². The summed E-state index contributed by atoms with van der Waals surface area (Å²) in [5, 5.41) is 7.35. The summed E-state index contributed by atoms with van der Waals surface area (Å²) in [7, 11) is 2.14. The molecule has 0 amide bonds. The lowest BCUT2D eigenvalue weighted by molar-refractivity contribution is 0.240. The average molecular weight is 195 g/mol. The van der Waals surface area contributed by atoms with Gasteiger partial charge in [0, 0.05) is 25.2 Å². The highest BCUT2D eigenvalue weighted by atomic mass is 16.5. The van der Waals surface area contributed by atoms with E-state index in [2.05, 4.69) is 22.4 Å². The highest BCUT2D eigenvalue weighted by Crippen LogP contribution is 2.10. The number of hydrogen-bond acceptors (Lipinski definition) is 4. The van der Waals surface area contributed by atoms with Crippen LogP contribution < -0.4 is 5.32 Å². The zero-order chi connectivity index (χ0) is 9.97. The molecule has 2 heterocycles. The van der Waals surface area contributed by atoms with Crippen LogP contribution in [0, 0.1) is 6.92 Å². The Hall–Kier alpha value is -0.870. The number of hydrogen-bond donors (Lipinski definition) is 1. The fourth-order valence-corrected chi connectivity index (χ4v) is 1.89. The molecule has 0 aliphatic carbocycles. The van der Waals surface area contributed by atoms with Gasteiger partial charge in [0.05, 0.1) is 5.69 Å². The van der Waals surface area contributed by atoms with Crippen molar-refractivity contribution in [1.82, 2.24) is 15.4 Å². The molecule has 0 bridgehead atoms. The first-order valence-corrected chi connectivity index (χ1v) is 5.09. The minimum Gasteiger partial charge on any atom is -0.361 e. The van der Waals surface area contributed by atoms with E-state index >= 15 is 0 Å². The molecule has 1 saturated heterocycles. The van der Waals surface area contributed by atoms with Crippen molar-refractivity contribution in [2.75, 3.05) is 20.1 Å². The van der Waals surface area contributed by atoms with Crippen LogP contribution in [0.15, 0.2) is 10.6 Å². The predicted octanol–water partition coefficient (Wildman–Crippen LogP) is 0.777. The van der Waals surface area contributed by atoms with Crippen molar-refractivity contribution in [3.8, 4) is 0 Å². The van der Waals surface area contributed by atoms with Gasteiger partial charge in [0.15, 0.2) is 0 Å². The molecule has 0 saturated carbocycles. The second kappa shape index (κ2) is 4.11. The van der Waals surface area contributed by atoms with E-state index in [0.717, 1.165) is 31.1 Å². The highest BCUT2D eigenvalue weighted by Gasteiger charge is 2.19. The maximum absolute atomic E-state index is 5.04. The van der Waals surface area contributed by atoms with Gasteiger partial charge in [-0.25, -0.2) is 0 Å². The van der Waals surface area contributed by atoms with Crippen molar-refractivity contribution in [3.63, 3.8) is 0 Å². The van der Waals surface area contributed by atoms with Gasteiger partial charge in [0.2, 0.25) is 0 Å². The molecule has 2 rings (SSSR count). The molecule has 1 fully saturated rings. The third kappa shape index (κ3) is 2.13. The summed E-state index contributed by atoms with van der Waals surface area (Å²) >= 11 is 0. The van der Waals surface area contributed by atoms with Gasteiger partial charge < -0.3 is 9.84 Å². The Morgan fingerprint density at radius 2 is 2.57 bits per heavy atom. The van der Waals surface area contributed by atoms with E-state index in [0.29, 0.717) is 6.04 Å². The Balaban J connectivity index is 1.90. The second-order valence-electron chi connectivity index (χ2n) is 3.99. The van der Waals surface area contributed by atoms with Gasteiger partial charge in [-0.3, -0.25) is 4.90 Å².